The Bertz CT molecular complexity index is 451. The first-order valence-electron chi connectivity index (χ1n) is 6.87. The third-order valence-electron chi connectivity index (χ3n) is 3.33. The van der Waals surface area contributed by atoms with E-state index in [1.54, 1.807) is 11.9 Å². The summed E-state index contributed by atoms with van der Waals surface area (Å²) in [6.45, 7) is 4.81. The van der Waals surface area contributed by atoms with Crippen LogP contribution in [-0.4, -0.2) is 30.9 Å². The fraction of sp³-hybridized carbons (Fsp3) is 0.533. The molecule has 3 nitrogen and oxygen atoms in total. The normalized spacial score (nSPS) is 12.5. The van der Waals surface area contributed by atoms with Crippen LogP contribution in [0.25, 0.3) is 0 Å². The van der Waals surface area contributed by atoms with E-state index in [1.807, 2.05) is 6.92 Å². The summed E-state index contributed by atoms with van der Waals surface area (Å²) in [5.74, 6) is -1.79. The number of carbonyl (C=O) groups is 1. The summed E-state index contributed by atoms with van der Waals surface area (Å²) in [5, 5.41) is 2.83. The van der Waals surface area contributed by atoms with Gasteiger partial charge >= 0.3 is 0 Å². The molecule has 1 rings (SSSR count). The second-order valence-electron chi connectivity index (χ2n) is 4.97. The van der Waals surface area contributed by atoms with Crippen LogP contribution < -0.4 is 5.32 Å². The lowest BCUT2D eigenvalue weighted by Gasteiger charge is -2.24. The van der Waals surface area contributed by atoms with Gasteiger partial charge in [-0.1, -0.05) is 19.4 Å². The maximum Gasteiger partial charge on any atom is 0.234 e. The quantitative estimate of drug-likeness (QED) is 0.781. The van der Waals surface area contributed by atoms with Crippen LogP contribution in [0.3, 0.4) is 0 Å². The highest BCUT2D eigenvalue weighted by Gasteiger charge is 2.16. The van der Waals surface area contributed by atoms with Gasteiger partial charge in [-0.2, -0.15) is 0 Å². The van der Waals surface area contributed by atoms with Crippen LogP contribution in [0.1, 0.15) is 38.3 Å². The first kappa shape index (κ1) is 16.6. The van der Waals surface area contributed by atoms with Gasteiger partial charge in [0.05, 0.1) is 6.54 Å². The Labute approximate surface area is 119 Å². The lowest BCUT2D eigenvalue weighted by Crippen LogP contribution is -2.36. The number of carbonyl (C=O) groups excluding carboxylic acids is 1. The van der Waals surface area contributed by atoms with Gasteiger partial charge in [0.25, 0.3) is 0 Å². The number of hydrogen-bond donors (Lipinski definition) is 1. The minimum atomic E-state index is -0.866. The minimum Gasteiger partial charge on any atom is -0.355 e. The van der Waals surface area contributed by atoms with Crippen molar-refractivity contribution in [2.45, 2.75) is 32.7 Å². The smallest absolute Gasteiger partial charge is 0.234 e. The molecule has 1 atom stereocenters. The van der Waals surface area contributed by atoms with E-state index >= 15 is 0 Å². The topological polar surface area (TPSA) is 32.3 Å². The molecule has 0 heterocycles. The van der Waals surface area contributed by atoms with Crippen molar-refractivity contribution in [3.05, 3.63) is 35.4 Å². The summed E-state index contributed by atoms with van der Waals surface area (Å²) < 4.78 is 26.1. The molecule has 0 aromatic heterocycles. The number of benzene rings is 1. The Morgan fingerprint density at radius 2 is 2.05 bits per heavy atom. The van der Waals surface area contributed by atoms with Crippen LogP contribution >= 0.6 is 0 Å². The average Bonchev–Trinajstić information content (AvgIpc) is 2.41. The van der Waals surface area contributed by atoms with Gasteiger partial charge in [-0.25, -0.2) is 8.78 Å². The standard InChI is InChI=1S/C15H22F2N2O/c1-4-5-8-18-15(20)10-19(3)11(2)12-6-7-13(16)14(17)9-12/h6-7,9,11H,4-5,8,10H2,1-3H3,(H,18,20). The molecule has 0 aliphatic carbocycles. The predicted octanol–water partition coefficient (Wildman–Crippen LogP) is 2.87. The fourth-order valence-electron chi connectivity index (χ4n) is 1.85. The van der Waals surface area contributed by atoms with E-state index in [2.05, 4.69) is 12.2 Å². The Balaban J connectivity index is 2.55. The fourth-order valence-corrected chi connectivity index (χ4v) is 1.85. The lowest BCUT2D eigenvalue weighted by molar-refractivity contribution is -0.122. The number of unbranched alkanes of at least 4 members (excludes halogenated alkanes) is 1. The monoisotopic (exact) mass is 284 g/mol. The van der Waals surface area contributed by atoms with E-state index < -0.39 is 11.6 Å². The van der Waals surface area contributed by atoms with Crippen molar-refractivity contribution in [2.24, 2.45) is 0 Å². The van der Waals surface area contributed by atoms with E-state index in [9.17, 15) is 13.6 Å². The molecular formula is C15H22F2N2O. The van der Waals surface area contributed by atoms with Crippen LogP contribution in [0.15, 0.2) is 18.2 Å². The van der Waals surface area contributed by atoms with Crippen LogP contribution in [0, 0.1) is 11.6 Å². The highest BCUT2D eigenvalue weighted by atomic mass is 19.2. The van der Waals surface area contributed by atoms with E-state index in [0.717, 1.165) is 18.9 Å². The molecule has 1 amide bonds. The number of rotatable bonds is 7. The second kappa shape index (κ2) is 7.94. The van der Waals surface area contributed by atoms with Crippen molar-refractivity contribution in [1.82, 2.24) is 10.2 Å². The van der Waals surface area contributed by atoms with Crippen LogP contribution in [0.2, 0.25) is 0 Å². The van der Waals surface area contributed by atoms with Crippen molar-refractivity contribution >= 4 is 5.91 Å². The molecule has 1 unspecified atom stereocenters. The molecule has 0 aliphatic rings. The zero-order valence-electron chi connectivity index (χ0n) is 12.2. The molecule has 112 valence electrons. The number of nitrogens with zero attached hydrogens (tertiary/aromatic N) is 1. The van der Waals surface area contributed by atoms with Gasteiger partial charge in [-0.3, -0.25) is 9.69 Å². The van der Waals surface area contributed by atoms with Gasteiger partial charge in [-0.15, -0.1) is 0 Å². The molecule has 0 fully saturated rings. The lowest BCUT2D eigenvalue weighted by atomic mass is 10.1. The zero-order chi connectivity index (χ0) is 15.1. The minimum absolute atomic E-state index is 0.0598. The molecule has 0 bridgehead atoms. The highest BCUT2D eigenvalue weighted by Crippen LogP contribution is 2.20. The Kier molecular flexibility index (Phi) is 6.58. The zero-order valence-corrected chi connectivity index (χ0v) is 12.2. The summed E-state index contributed by atoms with van der Waals surface area (Å²) in [7, 11) is 1.78. The van der Waals surface area contributed by atoms with Crippen LogP contribution in [0.5, 0.6) is 0 Å². The molecule has 1 aromatic rings. The summed E-state index contributed by atoms with van der Waals surface area (Å²) in [4.78, 5) is 13.5. The van der Waals surface area contributed by atoms with Gasteiger partial charge in [0.15, 0.2) is 11.6 Å². The summed E-state index contributed by atoms with van der Waals surface area (Å²) in [5.41, 5.74) is 0.646. The largest absolute Gasteiger partial charge is 0.355 e. The Hall–Kier alpha value is -1.49. The molecule has 0 aliphatic heterocycles. The maximum atomic E-state index is 13.2. The molecule has 0 radical (unpaired) electrons. The molecule has 0 saturated heterocycles. The summed E-state index contributed by atoms with van der Waals surface area (Å²) in [6.07, 6.45) is 1.98. The van der Waals surface area contributed by atoms with Crippen molar-refractivity contribution in [2.75, 3.05) is 20.1 Å². The first-order chi connectivity index (χ1) is 9.45. The predicted molar refractivity (Wildman–Crippen MR) is 75.3 cm³/mol. The third-order valence-corrected chi connectivity index (χ3v) is 3.33. The van der Waals surface area contributed by atoms with Crippen LogP contribution in [-0.2, 0) is 4.79 Å². The molecule has 20 heavy (non-hydrogen) atoms. The summed E-state index contributed by atoms with van der Waals surface area (Å²) >= 11 is 0. The van der Waals surface area contributed by atoms with Crippen molar-refractivity contribution in [3.63, 3.8) is 0 Å². The van der Waals surface area contributed by atoms with E-state index in [-0.39, 0.29) is 18.5 Å². The number of amides is 1. The number of hydrogen-bond acceptors (Lipinski definition) is 2. The molecule has 0 saturated carbocycles. The van der Waals surface area contributed by atoms with Gasteiger partial charge in [0.1, 0.15) is 0 Å². The molecule has 1 N–H and O–H groups in total. The Morgan fingerprint density at radius 3 is 2.65 bits per heavy atom. The van der Waals surface area contributed by atoms with Gasteiger partial charge in [-0.05, 0) is 38.1 Å². The van der Waals surface area contributed by atoms with Crippen molar-refractivity contribution < 1.29 is 13.6 Å². The van der Waals surface area contributed by atoms with Crippen molar-refractivity contribution in [3.8, 4) is 0 Å². The van der Waals surface area contributed by atoms with E-state index in [4.69, 9.17) is 0 Å². The maximum absolute atomic E-state index is 13.2. The Morgan fingerprint density at radius 1 is 1.35 bits per heavy atom. The molecular weight excluding hydrogens is 262 g/mol. The van der Waals surface area contributed by atoms with Crippen LogP contribution in [0.4, 0.5) is 8.78 Å². The number of nitrogens with one attached hydrogen (secondary N) is 1. The van der Waals surface area contributed by atoms with E-state index in [1.165, 1.54) is 12.1 Å². The number of halogens is 2. The first-order valence-corrected chi connectivity index (χ1v) is 6.87. The number of likely N-dealkylation sites (N-methyl/N-ethyl adjacent to an activating group) is 1. The van der Waals surface area contributed by atoms with Gasteiger partial charge in [0, 0.05) is 12.6 Å². The van der Waals surface area contributed by atoms with Gasteiger partial charge < -0.3 is 5.32 Å². The van der Waals surface area contributed by atoms with Gasteiger partial charge in [0.2, 0.25) is 5.91 Å². The van der Waals surface area contributed by atoms with Crippen molar-refractivity contribution in [1.29, 1.82) is 0 Å². The third kappa shape index (κ3) is 4.89. The molecule has 5 heteroatoms. The molecule has 0 spiro atoms. The molecule has 1 aromatic carbocycles. The van der Waals surface area contributed by atoms with E-state index in [0.29, 0.717) is 12.1 Å². The second-order valence-corrected chi connectivity index (χ2v) is 4.97. The SMILES string of the molecule is CCCCNC(=O)CN(C)C(C)c1ccc(F)c(F)c1. The highest BCUT2D eigenvalue weighted by molar-refractivity contribution is 5.77. The summed E-state index contributed by atoms with van der Waals surface area (Å²) in [6, 6.07) is 3.65. The average molecular weight is 284 g/mol.